The van der Waals surface area contributed by atoms with Crippen LogP contribution in [0, 0.1) is 0 Å². The van der Waals surface area contributed by atoms with E-state index in [9.17, 15) is 5.11 Å². The molecule has 1 aromatic rings. The van der Waals surface area contributed by atoms with E-state index in [0.29, 0.717) is 13.2 Å². The summed E-state index contributed by atoms with van der Waals surface area (Å²) >= 11 is 0. The number of β-amino-alcohol motifs (C(OH)–C–C–N with tert-alkyl or cyclic N) is 1. The van der Waals surface area contributed by atoms with Crippen molar-refractivity contribution in [1.82, 2.24) is 10.3 Å². The van der Waals surface area contributed by atoms with Crippen LogP contribution < -0.4 is 10.1 Å². The van der Waals surface area contributed by atoms with E-state index in [-0.39, 0.29) is 0 Å². The van der Waals surface area contributed by atoms with Crippen molar-refractivity contribution in [3.8, 4) is 5.75 Å². The molecule has 2 rings (SSSR count). The number of nitrogens with zero attached hydrogens (tertiary/aromatic N) is 1. The molecule has 0 bridgehead atoms. The number of ether oxygens (including phenoxy) is 1. The van der Waals surface area contributed by atoms with Gasteiger partial charge in [-0.05, 0) is 25.5 Å². The third-order valence-electron chi connectivity index (χ3n) is 2.86. The molecule has 0 amide bonds. The maximum Gasteiger partial charge on any atom is 0.137 e. The minimum Gasteiger partial charge on any atom is -0.492 e. The predicted molar refractivity (Wildman–Crippen MR) is 61.4 cm³/mol. The smallest absolute Gasteiger partial charge is 0.137 e. The second-order valence-corrected chi connectivity index (χ2v) is 4.22. The number of aliphatic hydroxyl groups is 1. The van der Waals surface area contributed by atoms with Crippen LogP contribution in [0.2, 0.25) is 0 Å². The highest BCUT2D eigenvalue weighted by Gasteiger charge is 2.33. The zero-order valence-electron chi connectivity index (χ0n) is 9.57. The van der Waals surface area contributed by atoms with E-state index < -0.39 is 5.60 Å². The van der Waals surface area contributed by atoms with Crippen molar-refractivity contribution in [3.63, 3.8) is 0 Å². The number of pyridine rings is 1. The lowest BCUT2D eigenvalue weighted by molar-refractivity contribution is 0.0580. The van der Waals surface area contributed by atoms with E-state index in [1.807, 2.05) is 6.07 Å². The van der Waals surface area contributed by atoms with Crippen molar-refractivity contribution in [1.29, 1.82) is 0 Å². The summed E-state index contributed by atoms with van der Waals surface area (Å²) in [6.45, 7) is 4.18. The fourth-order valence-corrected chi connectivity index (χ4v) is 1.90. The SMILES string of the molecule is CCCOc1cncc(C2(O)CCNC2)c1. The fourth-order valence-electron chi connectivity index (χ4n) is 1.90. The summed E-state index contributed by atoms with van der Waals surface area (Å²) < 4.78 is 5.51. The Morgan fingerprint density at radius 2 is 2.44 bits per heavy atom. The van der Waals surface area contributed by atoms with Gasteiger partial charge in [0, 0.05) is 18.3 Å². The Morgan fingerprint density at radius 1 is 1.56 bits per heavy atom. The van der Waals surface area contributed by atoms with Crippen LogP contribution >= 0.6 is 0 Å². The Labute approximate surface area is 95.7 Å². The van der Waals surface area contributed by atoms with Crippen molar-refractivity contribution in [2.45, 2.75) is 25.4 Å². The first kappa shape index (κ1) is 11.4. The third kappa shape index (κ3) is 2.33. The largest absolute Gasteiger partial charge is 0.492 e. The molecule has 1 aliphatic heterocycles. The Hall–Kier alpha value is -1.13. The summed E-state index contributed by atoms with van der Waals surface area (Å²) in [4.78, 5) is 4.11. The normalized spacial score (nSPS) is 24.6. The summed E-state index contributed by atoms with van der Waals surface area (Å²) in [5, 5.41) is 13.5. The van der Waals surface area contributed by atoms with Crippen LogP contribution in [0.15, 0.2) is 18.5 Å². The van der Waals surface area contributed by atoms with Crippen molar-refractivity contribution >= 4 is 0 Å². The molecule has 0 aromatic carbocycles. The van der Waals surface area contributed by atoms with E-state index in [1.54, 1.807) is 12.4 Å². The Balaban J connectivity index is 2.15. The molecule has 16 heavy (non-hydrogen) atoms. The first-order valence-electron chi connectivity index (χ1n) is 5.76. The summed E-state index contributed by atoms with van der Waals surface area (Å²) in [7, 11) is 0. The molecule has 88 valence electrons. The van der Waals surface area contributed by atoms with Gasteiger partial charge >= 0.3 is 0 Å². The van der Waals surface area contributed by atoms with E-state index in [2.05, 4.69) is 17.2 Å². The first-order chi connectivity index (χ1) is 7.74. The van der Waals surface area contributed by atoms with Crippen molar-refractivity contribution in [2.75, 3.05) is 19.7 Å². The van der Waals surface area contributed by atoms with Gasteiger partial charge in [0.05, 0.1) is 12.8 Å². The maximum atomic E-state index is 10.4. The Kier molecular flexibility index (Phi) is 3.41. The molecule has 0 saturated carbocycles. The van der Waals surface area contributed by atoms with Gasteiger partial charge in [-0.25, -0.2) is 0 Å². The molecule has 4 heteroatoms. The highest BCUT2D eigenvalue weighted by Crippen LogP contribution is 2.29. The molecule has 1 unspecified atom stereocenters. The monoisotopic (exact) mass is 222 g/mol. The van der Waals surface area contributed by atoms with Crippen LogP contribution in [-0.4, -0.2) is 29.8 Å². The molecule has 2 N–H and O–H groups in total. The van der Waals surface area contributed by atoms with E-state index in [0.717, 1.165) is 30.7 Å². The second-order valence-electron chi connectivity index (χ2n) is 4.22. The van der Waals surface area contributed by atoms with Crippen LogP contribution in [0.3, 0.4) is 0 Å². The van der Waals surface area contributed by atoms with E-state index in [1.165, 1.54) is 0 Å². The van der Waals surface area contributed by atoms with Gasteiger partial charge in [-0.1, -0.05) is 6.92 Å². The van der Waals surface area contributed by atoms with Crippen molar-refractivity contribution in [2.24, 2.45) is 0 Å². The minimum atomic E-state index is -0.779. The summed E-state index contributed by atoms with van der Waals surface area (Å²) in [5.41, 5.74) is 0.0598. The van der Waals surface area contributed by atoms with Gasteiger partial charge in [0.2, 0.25) is 0 Å². The number of aromatic nitrogens is 1. The summed E-state index contributed by atoms with van der Waals surface area (Å²) in [6.07, 6.45) is 5.10. The standard InChI is InChI=1S/C12H18N2O2/c1-2-5-16-11-6-10(7-14-8-11)12(15)3-4-13-9-12/h6-8,13,15H,2-5,9H2,1H3. The van der Waals surface area contributed by atoms with Crippen LogP contribution in [0.25, 0.3) is 0 Å². The molecule has 0 aliphatic carbocycles. The molecular formula is C12H18N2O2. The number of nitrogens with one attached hydrogen (secondary N) is 1. The minimum absolute atomic E-state index is 0.589. The van der Waals surface area contributed by atoms with Gasteiger partial charge in [0.1, 0.15) is 11.4 Å². The zero-order valence-corrected chi connectivity index (χ0v) is 9.57. The molecule has 1 aromatic heterocycles. The van der Waals surface area contributed by atoms with Crippen molar-refractivity contribution in [3.05, 3.63) is 24.0 Å². The highest BCUT2D eigenvalue weighted by atomic mass is 16.5. The van der Waals surface area contributed by atoms with Crippen LogP contribution in [0.1, 0.15) is 25.3 Å². The third-order valence-corrected chi connectivity index (χ3v) is 2.86. The van der Waals surface area contributed by atoms with Crippen LogP contribution in [0.5, 0.6) is 5.75 Å². The average molecular weight is 222 g/mol. The fraction of sp³-hybridized carbons (Fsp3) is 0.583. The van der Waals surface area contributed by atoms with Crippen LogP contribution in [0.4, 0.5) is 0 Å². The summed E-state index contributed by atoms with van der Waals surface area (Å²) in [6, 6.07) is 1.88. The van der Waals surface area contributed by atoms with E-state index >= 15 is 0 Å². The van der Waals surface area contributed by atoms with Gasteiger partial charge < -0.3 is 15.2 Å². The first-order valence-corrected chi connectivity index (χ1v) is 5.76. The second kappa shape index (κ2) is 4.80. The molecule has 1 aliphatic rings. The lowest BCUT2D eigenvalue weighted by Crippen LogP contribution is -2.28. The molecule has 1 fully saturated rings. The van der Waals surface area contributed by atoms with Gasteiger partial charge in [-0.2, -0.15) is 0 Å². The predicted octanol–water partition coefficient (Wildman–Crippen LogP) is 1.05. The molecular weight excluding hydrogens is 204 g/mol. The van der Waals surface area contributed by atoms with Gasteiger partial charge in [0.15, 0.2) is 0 Å². The lowest BCUT2D eigenvalue weighted by Gasteiger charge is -2.21. The maximum absolute atomic E-state index is 10.4. The quantitative estimate of drug-likeness (QED) is 0.799. The topological polar surface area (TPSA) is 54.4 Å². The van der Waals surface area contributed by atoms with Gasteiger partial charge in [-0.15, -0.1) is 0 Å². The molecule has 0 spiro atoms. The van der Waals surface area contributed by atoms with Crippen LogP contribution in [-0.2, 0) is 5.60 Å². The number of hydrogen-bond donors (Lipinski definition) is 2. The van der Waals surface area contributed by atoms with Gasteiger partial charge in [0.25, 0.3) is 0 Å². The Morgan fingerprint density at radius 3 is 3.12 bits per heavy atom. The Bertz CT molecular complexity index is 349. The summed E-state index contributed by atoms with van der Waals surface area (Å²) in [5.74, 6) is 0.736. The van der Waals surface area contributed by atoms with Crippen molar-refractivity contribution < 1.29 is 9.84 Å². The molecule has 2 heterocycles. The molecule has 0 radical (unpaired) electrons. The number of rotatable bonds is 4. The zero-order chi connectivity index (χ0) is 11.4. The molecule has 4 nitrogen and oxygen atoms in total. The average Bonchev–Trinajstić information content (AvgIpc) is 2.75. The molecule has 1 atom stereocenters. The number of hydrogen-bond acceptors (Lipinski definition) is 4. The lowest BCUT2D eigenvalue weighted by atomic mass is 9.94. The highest BCUT2D eigenvalue weighted by molar-refractivity contribution is 5.29. The molecule has 1 saturated heterocycles. The van der Waals surface area contributed by atoms with E-state index in [4.69, 9.17) is 4.74 Å². The van der Waals surface area contributed by atoms with Gasteiger partial charge in [-0.3, -0.25) is 4.98 Å².